The van der Waals surface area contributed by atoms with Gasteiger partial charge in [-0.15, -0.1) is 9.90 Å². The van der Waals surface area contributed by atoms with E-state index >= 15 is 0 Å². The van der Waals surface area contributed by atoms with Crippen molar-refractivity contribution in [1.29, 1.82) is 0 Å². The molecule has 0 unspecified atom stereocenters. The summed E-state index contributed by atoms with van der Waals surface area (Å²) in [7, 11) is 0. The maximum atomic E-state index is 12.2. The summed E-state index contributed by atoms with van der Waals surface area (Å²) >= 11 is 6.14. The summed E-state index contributed by atoms with van der Waals surface area (Å²) in [6.45, 7) is 3.75. The molecule has 0 saturated heterocycles. The largest absolute Gasteiger partial charge is 0.462 e. The summed E-state index contributed by atoms with van der Waals surface area (Å²) in [5, 5.41) is 12.5. The fourth-order valence-electron chi connectivity index (χ4n) is 2.08. The first-order chi connectivity index (χ1) is 11.1. The van der Waals surface area contributed by atoms with Gasteiger partial charge >= 0.3 is 5.97 Å². The van der Waals surface area contributed by atoms with Gasteiger partial charge in [-0.2, -0.15) is 10.2 Å². The number of carbonyl (C=O) groups is 1. The number of rotatable bonds is 4. The third-order valence-corrected chi connectivity index (χ3v) is 3.28. The highest BCUT2D eigenvalue weighted by Crippen LogP contribution is 2.24. The Morgan fingerprint density at radius 3 is 2.78 bits per heavy atom. The number of pyridine rings is 1. The van der Waals surface area contributed by atoms with Crippen LogP contribution in [0, 0.1) is 6.92 Å². The van der Waals surface area contributed by atoms with E-state index in [9.17, 15) is 4.79 Å². The fourth-order valence-corrected chi connectivity index (χ4v) is 2.39. The van der Waals surface area contributed by atoms with Crippen LogP contribution in [0.4, 0.5) is 0 Å². The highest BCUT2D eigenvalue weighted by molar-refractivity contribution is 6.32. The summed E-state index contributed by atoms with van der Waals surface area (Å²) < 4.78 is 6.57. The van der Waals surface area contributed by atoms with Gasteiger partial charge in [-0.1, -0.05) is 11.6 Å². The van der Waals surface area contributed by atoms with Crippen LogP contribution in [-0.4, -0.2) is 42.3 Å². The summed E-state index contributed by atoms with van der Waals surface area (Å²) in [6, 6.07) is 3.43. The number of aromatic nitrogens is 6. The van der Waals surface area contributed by atoms with Crippen LogP contribution in [0.2, 0.25) is 5.15 Å². The molecule has 0 saturated carbocycles. The Balaban J connectivity index is 2.10. The van der Waals surface area contributed by atoms with E-state index in [1.165, 1.54) is 9.48 Å². The molecule has 9 heteroatoms. The summed E-state index contributed by atoms with van der Waals surface area (Å²) in [5.41, 5.74) is 1.31. The second-order valence-corrected chi connectivity index (χ2v) is 4.96. The zero-order chi connectivity index (χ0) is 16.4. The smallest absolute Gasteiger partial charge is 0.343 e. The number of hydrogen-bond acceptors (Lipinski definition) is 6. The van der Waals surface area contributed by atoms with Crippen LogP contribution < -0.4 is 0 Å². The molecule has 3 aromatic rings. The van der Waals surface area contributed by atoms with Gasteiger partial charge < -0.3 is 4.74 Å². The summed E-state index contributed by atoms with van der Waals surface area (Å²) in [5.74, 6) is -0.0374. The van der Waals surface area contributed by atoms with Crippen molar-refractivity contribution < 1.29 is 9.53 Å². The van der Waals surface area contributed by atoms with Gasteiger partial charge in [0.1, 0.15) is 10.7 Å². The van der Waals surface area contributed by atoms with Crippen LogP contribution in [0.15, 0.2) is 30.7 Å². The lowest BCUT2D eigenvalue weighted by Crippen LogP contribution is -2.13. The van der Waals surface area contributed by atoms with Crippen molar-refractivity contribution in [3.05, 3.63) is 47.1 Å². The lowest BCUT2D eigenvalue weighted by atomic mass is 10.2. The molecule has 0 aromatic carbocycles. The van der Waals surface area contributed by atoms with Crippen LogP contribution >= 0.6 is 11.6 Å². The molecule has 0 atom stereocenters. The van der Waals surface area contributed by atoms with E-state index in [-0.39, 0.29) is 17.3 Å². The first kappa shape index (κ1) is 15.2. The minimum atomic E-state index is -0.547. The first-order valence-electron chi connectivity index (χ1n) is 6.87. The molecule has 0 amide bonds. The Kier molecular flexibility index (Phi) is 4.07. The molecule has 23 heavy (non-hydrogen) atoms. The molecule has 0 aliphatic carbocycles. The minimum Gasteiger partial charge on any atom is -0.462 e. The van der Waals surface area contributed by atoms with E-state index < -0.39 is 5.97 Å². The van der Waals surface area contributed by atoms with Gasteiger partial charge in [0.05, 0.1) is 24.7 Å². The van der Waals surface area contributed by atoms with Crippen LogP contribution in [-0.2, 0) is 4.74 Å². The number of nitrogens with zero attached hydrogens (tertiary/aromatic N) is 6. The van der Waals surface area contributed by atoms with Crippen molar-refractivity contribution in [2.45, 2.75) is 13.8 Å². The topological polar surface area (TPSA) is 87.7 Å². The van der Waals surface area contributed by atoms with E-state index in [1.807, 2.05) is 0 Å². The molecule has 0 fully saturated rings. The monoisotopic (exact) mass is 332 g/mol. The molecular formula is C14H13ClN6O2. The molecule has 0 spiro atoms. The molecule has 0 radical (unpaired) electrons. The van der Waals surface area contributed by atoms with E-state index in [2.05, 4.69) is 20.3 Å². The van der Waals surface area contributed by atoms with Crippen molar-refractivity contribution in [1.82, 2.24) is 29.8 Å². The fraction of sp³-hybridized carbons (Fsp3) is 0.214. The van der Waals surface area contributed by atoms with Gasteiger partial charge in [0.25, 0.3) is 0 Å². The highest BCUT2D eigenvalue weighted by atomic mass is 35.5. The lowest BCUT2D eigenvalue weighted by molar-refractivity contribution is 0.0526. The highest BCUT2D eigenvalue weighted by Gasteiger charge is 2.21. The van der Waals surface area contributed by atoms with E-state index in [4.69, 9.17) is 16.3 Å². The zero-order valence-corrected chi connectivity index (χ0v) is 13.2. The van der Waals surface area contributed by atoms with Crippen LogP contribution in [0.3, 0.4) is 0 Å². The van der Waals surface area contributed by atoms with E-state index in [1.54, 1.807) is 44.6 Å². The van der Waals surface area contributed by atoms with Gasteiger partial charge in [-0.25, -0.2) is 14.5 Å². The average molecular weight is 333 g/mol. The molecule has 3 heterocycles. The Morgan fingerprint density at radius 2 is 2.09 bits per heavy atom. The molecule has 118 valence electrons. The van der Waals surface area contributed by atoms with Crippen molar-refractivity contribution in [2.24, 2.45) is 0 Å². The van der Waals surface area contributed by atoms with Gasteiger partial charge in [0.15, 0.2) is 5.82 Å². The molecule has 0 aliphatic rings. The van der Waals surface area contributed by atoms with Gasteiger partial charge in [-0.05, 0) is 19.9 Å². The number of halogens is 1. The van der Waals surface area contributed by atoms with Gasteiger partial charge in [-0.3, -0.25) is 0 Å². The lowest BCUT2D eigenvalue weighted by Gasteiger charge is -2.11. The minimum absolute atomic E-state index is 0.0766. The third kappa shape index (κ3) is 2.93. The Morgan fingerprint density at radius 1 is 1.35 bits per heavy atom. The van der Waals surface area contributed by atoms with Crippen molar-refractivity contribution in [3.63, 3.8) is 0 Å². The second kappa shape index (κ2) is 6.17. The average Bonchev–Trinajstić information content (AvgIpc) is 3.18. The summed E-state index contributed by atoms with van der Waals surface area (Å²) in [4.78, 5) is 17.7. The number of esters is 1. The maximum absolute atomic E-state index is 12.2. The normalized spacial score (nSPS) is 10.7. The number of carbonyl (C=O) groups excluding carboxylic acids is 1. The van der Waals surface area contributed by atoms with Crippen LogP contribution in [0.5, 0.6) is 0 Å². The predicted molar refractivity (Wildman–Crippen MR) is 82.0 cm³/mol. The second-order valence-electron chi connectivity index (χ2n) is 4.61. The van der Waals surface area contributed by atoms with Gasteiger partial charge in [0.2, 0.25) is 0 Å². The predicted octanol–water partition coefficient (Wildman–Crippen LogP) is 1.99. The van der Waals surface area contributed by atoms with E-state index in [0.717, 1.165) is 0 Å². The Labute approximate surface area is 136 Å². The van der Waals surface area contributed by atoms with Gasteiger partial charge in [0, 0.05) is 18.0 Å². The van der Waals surface area contributed by atoms with Crippen molar-refractivity contribution in [3.8, 4) is 11.5 Å². The third-order valence-electron chi connectivity index (χ3n) is 3.01. The Hall–Kier alpha value is -2.74. The molecule has 0 N–H and O–H groups in total. The van der Waals surface area contributed by atoms with E-state index in [0.29, 0.717) is 17.2 Å². The SMILES string of the molecule is CCOC(=O)c1c(-n2ccc(-n3nccn3)n2)cc(C)nc1Cl. The maximum Gasteiger partial charge on any atom is 0.343 e. The Bertz CT molecular complexity index is 843. The quantitative estimate of drug-likeness (QED) is 0.536. The number of hydrogen-bond donors (Lipinski definition) is 0. The summed E-state index contributed by atoms with van der Waals surface area (Å²) in [6.07, 6.45) is 4.79. The first-order valence-corrected chi connectivity index (χ1v) is 7.25. The van der Waals surface area contributed by atoms with Crippen LogP contribution in [0.25, 0.3) is 11.5 Å². The van der Waals surface area contributed by atoms with Crippen molar-refractivity contribution >= 4 is 17.6 Å². The van der Waals surface area contributed by atoms with Crippen molar-refractivity contribution in [2.75, 3.05) is 6.61 Å². The number of ether oxygens (including phenoxy) is 1. The molecule has 3 aromatic heterocycles. The molecule has 8 nitrogen and oxygen atoms in total. The number of aryl methyl sites for hydroxylation is 1. The zero-order valence-electron chi connectivity index (χ0n) is 12.5. The standard InChI is InChI=1S/C14H13ClN6O2/c1-3-23-14(22)12-10(8-9(2)18-13(12)15)20-7-4-11(19-20)21-16-5-6-17-21/h4-8H,3H2,1-2H3. The molecule has 0 aliphatic heterocycles. The van der Waals surface area contributed by atoms with Crippen LogP contribution in [0.1, 0.15) is 23.0 Å². The molecular weight excluding hydrogens is 320 g/mol. The molecule has 3 rings (SSSR count). The molecule has 0 bridgehead atoms.